The number of nitrogens with one attached hydrogen (secondary N) is 1. The second-order valence-electron chi connectivity index (χ2n) is 3.83. The highest BCUT2D eigenvalue weighted by Crippen LogP contribution is 2.16. The van der Waals surface area contributed by atoms with Gasteiger partial charge in [-0.25, -0.2) is 12.8 Å². The predicted octanol–water partition coefficient (Wildman–Crippen LogP) is 2.77. The third-order valence-electron chi connectivity index (χ3n) is 2.34. The zero-order valence-electron chi connectivity index (χ0n) is 9.51. The summed E-state index contributed by atoms with van der Waals surface area (Å²) in [5.41, 5.74) is 0.620. The Kier molecular flexibility index (Phi) is 3.62. The molecular formula is C13H12FNO2S. The molecule has 1 N–H and O–H groups in total. The van der Waals surface area contributed by atoms with Crippen LogP contribution in [0.5, 0.6) is 0 Å². The second kappa shape index (κ2) is 5.18. The maximum Gasteiger partial charge on any atom is 0.237 e. The van der Waals surface area contributed by atoms with Gasteiger partial charge < -0.3 is 0 Å². The van der Waals surface area contributed by atoms with Crippen LogP contribution in [0.3, 0.4) is 0 Å². The van der Waals surface area contributed by atoms with E-state index in [1.807, 2.05) is 0 Å². The predicted molar refractivity (Wildman–Crippen MR) is 69.1 cm³/mol. The Balaban J connectivity index is 2.16. The molecule has 18 heavy (non-hydrogen) atoms. The van der Waals surface area contributed by atoms with E-state index in [-0.39, 0.29) is 11.4 Å². The molecule has 0 spiro atoms. The average molecular weight is 265 g/mol. The van der Waals surface area contributed by atoms with Crippen LogP contribution in [-0.4, -0.2) is 8.42 Å². The minimum atomic E-state index is -3.60. The molecule has 5 heteroatoms. The van der Waals surface area contributed by atoms with Crippen LogP contribution >= 0.6 is 0 Å². The van der Waals surface area contributed by atoms with Gasteiger partial charge in [0.1, 0.15) is 5.82 Å². The number of rotatable bonds is 4. The zero-order valence-corrected chi connectivity index (χ0v) is 10.3. The van der Waals surface area contributed by atoms with E-state index in [2.05, 4.69) is 4.72 Å². The van der Waals surface area contributed by atoms with Gasteiger partial charge in [0.25, 0.3) is 0 Å². The number of halogens is 1. The maximum atomic E-state index is 13.3. The molecule has 0 saturated heterocycles. The number of benzene rings is 2. The average Bonchev–Trinajstić information content (AvgIpc) is 2.32. The zero-order chi connectivity index (χ0) is 13.0. The molecule has 0 unspecified atom stereocenters. The Morgan fingerprint density at radius 3 is 2.22 bits per heavy atom. The molecule has 0 saturated carbocycles. The molecule has 0 aromatic heterocycles. The van der Waals surface area contributed by atoms with Crippen molar-refractivity contribution in [2.45, 2.75) is 5.75 Å². The summed E-state index contributed by atoms with van der Waals surface area (Å²) in [6, 6.07) is 14.4. The lowest BCUT2D eigenvalue weighted by atomic mass is 10.2. The van der Waals surface area contributed by atoms with Gasteiger partial charge in [-0.15, -0.1) is 0 Å². The number of hydrogen-bond acceptors (Lipinski definition) is 2. The fourth-order valence-corrected chi connectivity index (χ4v) is 2.75. The van der Waals surface area contributed by atoms with Crippen molar-refractivity contribution in [3.05, 3.63) is 66.0 Å². The summed E-state index contributed by atoms with van der Waals surface area (Å²) in [7, 11) is -3.60. The van der Waals surface area contributed by atoms with Crippen LogP contribution in [0, 0.1) is 5.82 Å². The summed E-state index contributed by atoms with van der Waals surface area (Å²) in [5, 5.41) is 0. The highest BCUT2D eigenvalue weighted by Gasteiger charge is 2.13. The molecule has 0 bridgehead atoms. The molecule has 2 aromatic rings. The molecular weight excluding hydrogens is 253 g/mol. The quantitative estimate of drug-likeness (QED) is 0.924. The van der Waals surface area contributed by atoms with Gasteiger partial charge in [0.05, 0.1) is 11.4 Å². The van der Waals surface area contributed by atoms with E-state index in [4.69, 9.17) is 0 Å². The van der Waals surface area contributed by atoms with Crippen molar-refractivity contribution in [1.82, 2.24) is 0 Å². The van der Waals surface area contributed by atoms with Gasteiger partial charge in [0, 0.05) is 0 Å². The summed E-state index contributed by atoms with van der Waals surface area (Å²) in [6.45, 7) is 0. The minimum Gasteiger partial charge on any atom is -0.280 e. The van der Waals surface area contributed by atoms with Crippen LogP contribution in [0.2, 0.25) is 0 Å². The summed E-state index contributed by atoms with van der Waals surface area (Å²) >= 11 is 0. The Morgan fingerprint density at radius 1 is 0.944 bits per heavy atom. The number of para-hydroxylation sites is 1. The molecule has 94 valence electrons. The first kappa shape index (κ1) is 12.6. The molecule has 0 amide bonds. The van der Waals surface area contributed by atoms with Crippen molar-refractivity contribution < 1.29 is 12.8 Å². The van der Waals surface area contributed by atoms with Gasteiger partial charge in [-0.05, 0) is 17.7 Å². The third kappa shape index (κ3) is 3.30. The number of hydrogen-bond donors (Lipinski definition) is 1. The number of anilines is 1. The Labute approximate surface area is 105 Å². The summed E-state index contributed by atoms with van der Waals surface area (Å²) in [6.07, 6.45) is 0. The Bertz CT molecular complexity index is 626. The second-order valence-corrected chi connectivity index (χ2v) is 5.55. The van der Waals surface area contributed by atoms with Crippen LogP contribution < -0.4 is 4.72 Å². The molecule has 0 radical (unpaired) electrons. The van der Waals surface area contributed by atoms with E-state index in [1.165, 1.54) is 18.2 Å². The lowest BCUT2D eigenvalue weighted by Gasteiger charge is -2.08. The van der Waals surface area contributed by atoms with Crippen molar-refractivity contribution in [1.29, 1.82) is 0 Å². The van der Waals surface area contributed by atoms with Crippen molar-refractivity contribution in [3.63, 3.8) is 0 Å². The van der Waals surface area contributed by atoms with Crippen molar-refractivity contribution in [2.75, 3.05) is 4.72 Å². The lowest BCUT2D eigenvalue weighted by molar-refractivity contribution is 0.598. The van der Waals surface area contributed by atoms with Crippen LogP contribution in [0.4, 0.5) is 10.1 Å². The molecule has 0 fully saturated rings. The van der Waals surface area contributed by atoms with E-state index < -0.39 is 15.8 Å². The fraction of sp³-hybridized carbons (Fsp3) is 0.0769. The number of sulfonamides is 1. The lowest BCUT2D eigenvalue weighted by Crippen LogP contribution is -2.15. The van der Waals surface area contributed by atoms with E-state index in [9.17, 15) is 12.8 Å². The topological polar surface area (TPSA) is 46.2 Å². The monoisotopic (exact) mass is 265 g/mol. The highest BCUT2D eigenvalue weighted by atomic mass is 32.2. The molecule has 0 aliphatic heterocycles. The van der Waals surface area contributed by atoms with E-state index in [1.54, 1.807) is 36.4 Å². The Hall–Kier alpha value is -1.88. The van der Waals surface area contributed by atoms with Crippen molar-refractivity contribution >= 4 is 15.7 Å². The van der Waals surface area contributed by atoms with E-state index in [0.29, 0.717) is 5.56 Å². The smallest absolute Gasteiger partial charge is 0.237 e. The van der Waals surface area contributed by atoms with Crippen LogP contribution in [0.25, 0.3) is 0 Å². The first-order valence-corrected chi connectivity index (χ1v) is 7.01. The molecule has 0 atom stereocenters. The minimum absolute atomic E-state index is 0.0339. The van der Waals surface area contributed by atoms with Gasteiger partial charge in [-0.1, -0.05) is 42.5 Å². The van der Waals surface area contributed by atoms with Gasteiger partial charge in [-0.3, -0.25) is 4.72 Å². The Morgan fingerprint density at radius 2 is 1.56 bits per heavy atom. The maximum absolute atomic E-state index is 13.3. The fourth-order valence-electron chi connectivity index (χ4n) is 1.54. The SMILES string of the molecule is O=S(=O)(Cc1ccccc1)Nc1ccccc1F. The standard InChI is InChI=1S/C13H12FNO2S/c14-12-8-4-5-9-13(12)15-18(16,17)10-11-6-2-1-3-7-11/h1-9,15H,10H2. The third-order valence-corrected chi connectivity index (χ3v) is 3.58. The molecule has 0 aliphatic carbocycles. The van der Waals surface area contributed by atoms with Crippen LogP contribution in [0.1, 0.15) is 5.56 Å². The molecule has 0 heterocycles. The van der Waals surface area contributed by atoms with Gasteiger partial charge in [-0.2, -0.15) is 0 Å². The molecule has 2 rings (SSSR count). The van der Waals surface area contributed by atoms with E-state index >= 15 is 0 Å². The highest BCUT2D eigenvalue weighted by molar-refractivity contribution is 7.91. The van der Waals surface area contributed by atoms with Crippen molar-refractivity contribution in [3.8, 4) is 0 Å². The van der Waals surface area contributed by atoms with Crippen molar-refractivity contribution in [2.24, 2.45) is 0 Å². The first-order valence-electron chi connectivity index (χ1n) is 5.36. The molecule has 3 nitrogen and oxygen atoms in total. The van der Waals surface area contributed by atoms with Crippen LogP contribution in [0.15, 0.2) is 54.6 Å². The normalized spacial score (nSPS) is 11.2. The van der Waals surface area contributed by atoms with Crippen LogP contribution in [-0.2, 0) is 15.8 Å². The summed E-state index contributed by atoms with van der Waals surface area (Å²) < 4.78 is 39.3. The summed E-state index contributed by atoms with van der Waals surface area (Å²) in [5.74, 6) is -0.767. The van der Waals surface area contributed by atoms with Gasteiger partial charge >= 0.3 is 0 Å². The van der Waals surface area contributed by atoms with Gasteiger partial charge in [0.15, 0.2) is 0 Å². The molecule has 0 aliphatic rings. The van der Waals surface area contributed by atoms with Gasteiger partial charge in [0.2, 0.25) is 10.0 Å². The molecule has 2 aromatic carbocycles. The van der Waals surface area contributed by atoms with E-state index in [0.717, 1.165) is 0 Å². The summed E-state index contributed by atoms with van der Waals surface area (Å²) in [4.78, 5) is 0. The first-order chi connectivity index (χ1) is 8.57. The largest absolute Gasteiger partial charge is 0.280 e.